The molecule has 0 aliphatic heterocycles. The van der Waals surface area contributed by atoms with E-state index in [1.54, 1.807) is 27.7 Å². The van der Waals surface area contributed by atoms with Gasteiger partial charge in [0.1, 0.15) is 0 Å². The highest BCUT2D eigenvalue weighted by Gasteiger charge is 2.20. The monoisotopic (exact) mass is 362 g/mol. The minimum atomic E-state index is -1.42. The van der Waals surface area contributed by atoms with Crippen LogP contribution in [0.15, 0.2) is 12.2 Å². The molecular weight excluding hydrogens is 336 g/mol. The van der Waals surface area contributed by atoms with Gasteiger partial charge in [-0.05, 0) is 27.7 Å². The first-order chi connectivity index (χ1) is 11.8. The van der Waals surface area contributed by atoms with E-state index < -0.39 is 30.0 Å². The lowest BCUT2D eigenvalue weighted by molar-refractivity contribution is -0.159. The van der Waals surface area contributed by atoms with Crippen LogP contribution in [-0.4, -0.2) is 61.5 Å². The third-order valence-electron chi connectivity index (χ3n) is 2.15. The van der Waals surface area contributed by atoms with Crippen LogP contribution in [0.25, 0.3) is 0 Å². The Hall–Kier alpha value is -2.42. The number of rotatable bonds is 9. The second-order valence-corrected chi connectivity index (χ2v) is 4.11. The van der Waals surface area contributed by atoms with Crippen molar-refractivity contribution in [2.75, 3.05) is 26.4 Å². The molecule has 1 atom stereocenters. The Balaban J connectivity index is 0. The predicted octanol–water partition coefficient (Wildman–Crippen LogP) is 0.532. The highest BCUT2D eigenvalue weighted by molar-refractivity contribution is 5.91. The molecule has 0 radical (unpaired) electrons. The summed E-state index contributed by atoms with van der Waals surface area (Å²) < 4.78 is 18.1. The van der Waals surface area contributed by atoms with Crippen LogP contribution in [0.2, 0.25) is 0 Å². The van der Waals surface area contributed by atoms with Crippen LogP contribution >= 0.6 is 0 Å². The maximum absolute atomic E-state index is 10.8. The van der Waals surface area contributed by atoms with Crippen molar-refractivity contribution in [3.63, 3.8) is 0 Å². The number of ether oxygens (including phenoxy) is 4. The number of hydrogen-bond donors (Lipinski definition) is 1. The zero-order valence-corrected chi connectivity index (χ0v) is 15.0. The predicted molar refractivity (Wildman–Crippen MR) is 86.3 cm³/mol. The topological polar surface area (TPSA) is 125 Å². The summed E-state index contributed by atoms with van der Waals surface area (Å²) in [4.78, 5) is 42.8. The van der Waals surface area contributed by atoms with Gasteiger partial charge in [-0.15, -0.1) is 0 Å². The first kappa shape index (κ1) is 24.8. The molecule has 0 fully saturated rings. The van der Waals surface area contributed by atoms with Crippen molar-refractivity contribution in [1.29, 1.82) is 0 Å². The van der Waals surface area contributed by atoms with E-state index >= 15 is 0 Å². The molecule has 1 unspecified atom stereocenters. The number of carbonyl (C=O) groups is 4. The van der Waals surface area contributed by atoms with Gasteiger partial charge in [-0.2, -0.15) is 0 Å². The molecule has 0 aromatic rings. The molecule has 0 heterocycles. The van der Waals surface area contributed by atoms with Gasteiger partial charge in [0, 0.05) is 12.2 Å². The quantitative estimate of drug-likeness (QED) is 0.355. The van der Waals surface area contributed by atoms with Crippen LogP contribution in [0, 0.1) is 0 Å². The zero-order valence-electron chi connectivity index (χ0n) is 15.0. The van der Waals surface area contributed by atoms with E-state index in [4.69, 9.17) is 5.11 Å². The van der Waals surface area contributed by atoms with E-state index in [9.17, 15) is 19.2 Å². The van der Waals surface area contributed by atoms with Gasteiger partial charge in [0.2, 0.25) is 0 Å². The minimum absolute atomic E-state index is 0.179. The Labute approximate surface area is 146 Å². The summed E-state index contributed by atoms with van der Waals surface area (Å²) in [5, 5.41) is 9.07. The van der Waals surface area contributed by atoms with E-state index in [-0.39, 0.29) is 19.6 Å². The summed E-state index contributed by atoms with van der Waals surface area (Å²) in [6.07, 6.45) is 0.314. The average molecular weight is 362 g/mol. The Kier molecular flexibility index (Phi) is 16.3. The molecule has 0 aromatic carbocycles. The minimum Gasteiger partial charge on any atom is -0.466 e. The van der Waals surface area contributed by atoms with Crippen LogP contribution < -0.4 is 0 Å². The molecule has 0 amide bonds. The number of esters is 4. The maximum Gasteiger partial charge on any atom is 0.335 e. The third kappa shape index (κ3) is 16.2. The molecule has 0 rings (SSSR count). The molecule has 144 valence electrons. The van der Waals surface area contributed by atoms with Crippen molar-refractivity contribution in [3.8, 4) is 0 Å². The van der Waals surface area contributed by atoms with E-state index in [1.807, 2.05) is 0 Å². The fourth-order valence-corrected chi connectivity index (χ4v) is 1.22. The summed E-state index contributed by atoms with van der Waals surface area (Å²) in [6, 6.07) is 0. The molecule has 9 heteroatoms. The largest absolute Gasteiger partial charge is 0.466 e. The van der Waals surface area contributed by atoms with E-state index in [0.717, 1.165) is 12.2 Å². The Morgan fingerprint density at radius 3 is 1.52 bits per heavy atom. The van der Waals surface area contributed by atoms with E-state index in [2.05, 4.69) is 18.9 Å². The zero-order chi connectivity index (χ0) is 19.7. The van der Waals surface area contributed by atoms with E-state index in [0.29, 0.717) is 13.2 Å². The van der Waals surface area contributed by atoms with Crippen LogP contribution in [0.3, 0.4) is 0 Å². The number of aliphatic hydroxyl groups is 1. The van der Waals surface area contributed by atoms with Crippen LogP contribution in [0.1, 0.15) is 34.1 Å². The van der Waals surface area contributed by atoms with Crippen molar-refractivity contribution < 1.29 is 43.2 Å². The second kappa shape index (κ2) is 16.4. The van der Waals surface area contributed by atoms with Crippen LogP contribution in [-0.2, 0) is 38.1 Å². The van der Waals surface area contributed by atoms with Crippen molar-refractivity contribution in [1.82, 2.24) is 0 Å². The standard InChI is InChI=1S/C8H14O5.C8H12O4/c1-3-12-7(10)5-6(9)8(11)13-4-2;1-3-11-7(9)5-6-8(10)12-4-2/h6,9H,3-5H2,1-2H3;5-6H,3-4H2,1-2H3/b;6-5-. The summed E-state index contributed by atoms with van der Waals surface area (Å²) in [5.41, 5.74) is 0. The summed E-state index contributed by atoms with van der Waals surface area (Å²) in [6.45, 7) is 7.65. The molecular formula is C16H26O9. The van der Waals surface area contributed by atoms with Crippen molar-refractivity contribution in [3.05, 3.63) is 12.2 Å². The molecule has 0 saturated carbocycles. The fourth-order valence-electron chi connectivity index (χ4n) is 1.22. The average Bonchev–Trinajstić information content (AvgIpc) is 2.54. The normalized spacial score (nSPS) is 10.9. The van der Waals surface area contributed by atoms with Gasteiger partial charge in [-0.25, -0.2) is 14.4 Å². The molecule has 9 nitrogen and oxygen atoms in total. The van der Waals surface area contributed by atoms with Gasteiger partial charge >= 0.3 is 23.9 Å². The van der Waals surface area contributed by atoms with Crippen molar-refractivity contribution in [2.24, 2.45) is 0 Å². The van der Waals surface area contributed by atoms with Crippen LogP contribution in [0.5, 0.6) is 0 Å². The summed E-state index contributed by atoms with van der Waals surface area (Å²) in [5.74, 6) is -2.48. The van der Waals surface area contributed by atoms with Gasteiger partial charge < -0.3 is 24.1 Å². The number of hydrogen-bond acceptors (Lipinski definition) is 9. The lowest BCUT2D eigenvalue weighted by atomic mass is 10.2. The Morgan fingerprint density at radius 2 is 1.16 bits per heavy atom. The Bertz CT molecular complexity index is 423. The first-order valence-electron chi connectivity index (χ1n) is 7.84. The van der Waals surface area contributed by atoms with Crippen molar-refractivity contribution >= 4 is 23.9 Å². The van der Waals surface area contributed by atoms with Crippen molar-refractivity contribution in [2.45, 2.75) is 40.2 Å². The first-order valence-corrected chi connectivity index (χ1v) is 7.84. The summed E-state index contributed by atoms with van der Waals surface area (Å²) in [7, 11) is 0. The third-order valence-corrected chi connectivity index (χ3v) is 2.15. The lowest BCUT2D eigenvalue weighted by Gasteiger charge is -2.08. The highest BCUT2D eigenvalue weighted by atomic mass is 16.6. The SMILES string of the molecule is CCOC(=O)/C=C\C(=O)OCC.CCOC(=O)CC(O)C(=O)OCC. The lowest BCUT2D eigenvalue weighted by Crippen LogP contribution is -2.26. The molecule has 0 saturated heterocycles. The molecule has 25 heavy (non-hydrogen) atoms. The summed E-state index contributed by atoms with van der Waals surface area (Å²) >= 11 is 0. The molecule has 0 spiro atoms. The smallest absolute Gasteiger partial charge is 0.335 e. The van der Waals surface area contributed by atoms with Gasteiger partial charge in [0.15, 0.2) is 6.10 Å². The molecule has 0 aliphatic carbocycles. The number of carbonyl (C=O) groups excluding carboxylic acids is 4. The van der Waals surface area contributed by atoms with Gasteiger partial charge in [-0.1, -0.05) is 0 Å². The maximum atomic E-state index is 10.8. The molecule has 0 aliphatic rings. The highest BCUT2D eigenvalue weighted by Crippen LogP contribution is 1.97. The van der Waals surface area contributed by atoms with Crippen LogP contribution in [0.4, 0.5) is 0 Å². The van der Waals surface area contributed by atoms with Gasteiger partial charge in [-0.3, -0.25) is 4.79 Å². The molecule has 0 bridgehead atoms. The Morgan fingerprint density at radius 1 is 0.760 bits per heavy atom. The molecule has 0 aromatic heterocycles. The van der Waals surface area contributed by atoms with Gasteiger partial charge in [0.25, 0.3) is 0 Å². The van der Waals surface area contributed by atoms with Gasteiger partial charge in [0.05, 0.1) is 32.8 Å². The molecule has 1 N–H and O–H groups in total. The number of aliphatic hydroxyl groups excluding tert-OH is 1. The second-order valence-electron chi connectivity index (χ2n) is 4.11. The van der Waals surface area contributed by atoms with E-state index in [1.165, 1.54) is 0 Å². The fraction of sp³-hybridized carbons (Fsp3) is 0.625.